The van der Waals surface area contributed by atoms with E-state index in [1.807, 2.05) is 0 Å². The zero-order chi connectivity index (χ0) is 11.9. The lowest BCUT2D eigenvalue weighted by atomic mass is 10.0. The summed E-state index contributed by atoms with van der Waals surface area (Å²) in [6, 6.07) is 2.61. The third kappa shape index (κ3) is 1.65. The SMILES string of the molecule is Cc1c(F)cc(Br)c(O)c1-c1cc(N)no1. The molecule has 1 heterocycles. The summed E-state index contributed by atoms with van der Waals surface area (Å²) in [5, 5.41) is 13.3. The number of halogens is 2. The molecule has 1 aromatic heterocycles. The number of hydrogen-bond acceptors (Lipinski definition) is 4. The Bertz CT molecular complexity index is 528. The average Bonchev–Trinajstić information content (AvgIpc) is 2.62. The van der Waals surface area contributed by atoms with Crippen LogP contribution in [0.25, 0.3) is 11.3 Å². The Morgan fingerprint density at radius 1 is 1.50 bits per heavy atom. The van der Waals surface area contributed by atoms with Gasteiger partial charge < -0.3 is 15.4 Å². The molecule has 16 heavy (non-hydrogen) atoms. The van der Waals surface area contributed by atoms with Crippen LogP contribution in [0, 0.1) is 12.7 Å². The Labute approximate surface area is 99.0 Å². The van der Waals surface area contributed by atoms with Crippen molar-refractivity contribution in [2.24, 2.45) is 0 Å². The van der Waals surface area contributed by atoms with Crippen LogP contribution >= 0.6 is 15.9 Å². The fraction of sp³-hybridized carbons (Fsp3) is 0.100. The van der Waals surface area contributed by atoms with Crippen molar-refractivity contribution in [1.82, 2.24) is 5.16 Å². The van der Waals surface area contributed by atoms with Gasteiger partial charge in [-0.05, 0) is 34.5 Å². The van der Waals surface area contributed by atoms with E-state index in [2.05, 4.69) is 21.1 Å². The molecule has 0 amide bonds. The fourth-order valence-corrected chi connectivity index (χ4v) is 1.81. The van der Waals surface area contributed by atoms with Gasteiger partial charge in [-0.1, -0.05) is 5.16 Å². The van der Waals surface area contributed by atoms with E-state index >= 15 is 0 Å². The van der Waals surface area contributed by atoms with Crippen LogP contribution < -0.4 is 5.73 Å². The number of anilines is 1. The number of aromatic nitrogens is 1. The van der Waals surface area contributed by atoms with Gasteiger partial charge in [0.25, 0.3) is 0 Å². The zero-order valence-corrected chi connectivity index (χ0v) is 9.88. The third-order valence-corrected chi connectivity index (χ3v) is 2.83. The van der Waals surface area contributed by atoms with E-state index in [0.717, 1.165) is 0 Å². The van der Waals surface area contributed by atoms with Crippen LogP contribution in [0.3, 0.4) is 0 Å². The Morgan fingerprint density at radius 3 is 2.75 bits per heavy atom. The molecule has 0 atom stereocenters. The number of nitrogens with zero attached hydrogens (tertiary/aromatic N) is 1. The standard InChI is InChI=1S/C10H8BrFN2O2/c1-4-6(12)2-5(11)10(15)9(4)7-3-8(13)14-16-7/h2-3,15H,1H3,(H2,13,14). The van der Waals surface area contributed by atoms with Crippen molar-refractivity contribution >= 4 is 21.7 Å². The Morgan fingerprint density at radius 2 is 2.19 bits per heavy atom. The van der Waals surface area contributed by atoms with Gasteiger partial charge in [0, 0.05) is 6.07 Å². The molecule has 4 nitrogen and oxygen atoms in total. The second kappa shape index (κ2) is 3.79. The molecule has 0 radical (unpaired) electrons. The van der Waals surface area contributed by atoms with Gasteiger partial charge >= 0.3 is 0 Å². The van der Waals surface area contributed by atoms with Crippen LogP contribution in [-0.4, -0.2) is 10.3 Å². The molecule has 0 aliphatic carbocycles. The van der Waals surface area contributed by atoms with E-state index in [-0.39, 0.29) is 32.9 Å². The molecule has 2 rings (SSSR count). The molecule has 0 saturated heterocycles. The Hall–Kier alpha value is -1.56. The quantitative estimate of drug-likeness (QED) is 0.846. The molecule has 0 aliphatic rings. The second-order valence-electron chi connectivity index (χ2n) is 3.30. The van der Waals surface area contributed by atoms with Crippen molar-refractivity contribution in [2.45, 2.75) is 6.92 Å². The fourth-order valence-electron chi connectivity index (χ4n) is 1.41. The summed E-state index contributed by atoms with van der Waals surface area (Å²) >= 11 is 3.05. The number of benzene rings is 1. The molecule has 1 aromatic carbocycles. The number of rotatable bonds is 1. The number of nitrogens with two attached hydrogens (primary N) is 1. The lowest BCUT2D eigenvalue weighted by Gasteiger charge is -2.07. The molecule has 0 fully saturated rings. The summed E-state index contributed by atoms with van der Waals surface area (Å²) in [6.45, 7) is 1.54. The first kappa shape index (κ1) is 10.9. The highest BCUT2D eigenvalue weighted by Crippen LogP contribution is 2.39. The van der Waals surface area contributed by atoms with Gasteiger partial charge in [-0.15, -0.1) is 0 Å². The molecule has 0 bridgehead atoms. The Balaban J connectivity index is 2.73. The lowest BCUT2D eigenvalue weighted by Crippen LogP contribution is -1.89. The van der Waals surface area contributed by atoms with Crippen molar-refractivity contribution < 1.29 is 14.0 Å². The largest absolute Gasteiger partial charge is 0.506 e. The number of phenols is 1. The van der Waals surface area contributed by atoms with Gasteiger partial charge in [0.1, 0.15) is 11.6 Å². The van der Waals surface area contributed by atoms with Crippen molar-refractivity contribution in [1.29, 1.82) is 0 Å². The summed E-state index contributed by atoms with van der Waals surface area (Å²) in [4.78, 5) is 0. The zero-order valence-electron chi connectivity index (χ0n) is 8.29. The van der Waals surface area contributed by atoms with E-state index in [0.29, 0.717) is 0 Å². The number of aromatic hydroxyl groups is 1. The van der Waals surface area contributed by atoms with Crippen molar-refractivity contribution in [3.63, 3.8) is 0 Å². The summed E-state index contributed by atoms with van der Waals surface area (Å²) in [5.41, 5.74) is 5.92. The van der Waals surface area contributed by atoms with E-state index in [9.17, 15) is 9.50 Å². The van der Waals surface area contributed by atoms with Crippen LogP contribution in [0.4, 0.5) is 10.2 Å². The van der Waals surface area contributed by atoms with Gasteiger partial charge in [0.2, 0.25) is 0 Å². The number of hydrogen-bond donors (Lipinski definition) is 2. The maximum absolute atomic E-state index is 13.5. The van der Waals surface area contributed by atoms with E-state index in [1.165, 1.54) is 19.1 Å². The highest BCUT2D eigenvalue weighted by molar-refractivity contribution is 9.10. The summed E-state index contributed by atoms with van der Waals surface area (Å²) < 4.78 is 18.6. The number of nitrogen functional groups attached to an aromatic ring is 1. The van der Waals surface area contributed by atoms with Gasteiger partial charge in [0.15, 0.2) is 11.6 Å². The smallest absolute Gasteiger partial charge is 0.173 e. The Kier molecular flexibility index (Phi) is 2.59. The maximum atomic E-state index is 13.5. The first-order valence-electron chi connectivity index (χ1n) is 4.41. The number of phenolic OH excluding ortho intramolecular Hbond substituents is 1. The minimum atomic E-state index is -0.449. The van der Waals surface area contributed by atoms with Crippen LogP contribution in [-0.2, 0) is 0 Å². The molecular weight excluding hydrogens is 279 g/mol. The second-order valence-corrected chi connectivity index (χ2v) is 4.16. The van der Waals surface area contributed by atoms with Crippen LogP contribution in [0.1, 0.15) is 5.56 Å². The van der Waals surface area contributed by atoms with Gasteiger partial charge in [0.05, 0.1) is 10.0 Å². The van der Waals surface area contributed by atoms with Crippen LogP contribution in [0.15, 0.2) is 21.1 Å². The highest BCUT2D eigenvalue weighted by atomic mass is 79.9. The van der Waals surface area contributed by atoms with Crippen LogP contribution in [0.2, 0.25) is 0 Å². The van der Waals surface area contributed by atoms with E-state index < -0.39 is 5.82 Å². The van der Waals surface area contributed by atoms with Gasteiger partial charge in [-0.25, -0.2) is 4.39 Å². The molecule has 84 valence electrons. The molecule has 2 aromatic rings. The predicted molar refractivity (Wildman–Crippen MR) is 60.4 cm³/mol. The topological polar surface area (TPSA) is 72.3 Å². The average molecular weight is 287 g/mol. The minimum Gasteiger partial charge on any atom is -0.506 e. The molecule has 3 N–H and O–H groups in total. The van der Waals surface area contributed by atoms with Crippen molar-refractivity contribution in [2.75, 3.05) is 5.73 Å². The normalized spacial score (nSPS) is 10.7. The highest BCUT2D eigenvalue weighted by Gasteiger charge is 2.18. The summed E-state index contributed by atoms with van der Waals surface area (Å²) in [6.07, 6.45) is 0. The lowest BCUT2D eigenvalue weighted by molar-refractivity contribution is 0.427. The van der Waals surface area contributed by atoms with E-state index in [4.69, 9.17) is 10.3 Å². The predicted octanol–water partition coefficient (Wildman–Crippen LogP) is 2.84. The molecule has 0 saturated carbocycles. The summed E-state index contributed by atoms with van der Waals surface area (Å²) in [7, 11) is 0. The molecule has 0 aliphatic heterocycles. The third-order valence-electron chi connectivity index (χ3n) is 2.22. The molecule has 6 heteroatoms. The van der Waals surface area contributed by atoms with E-state index in [1.54, 1.807) is 0 Å². The van der Waals surface area contributed by atoms with Crippen molar-refractivity contribution in [3.05, 3.63) is 28.0 Å². The minimum absolute atomic E-state index is 0.102. The van der Waals surface area contributed by atoms with Crippen molar-refractivity contribution in [3.8, 4) is 17.1 Å². The summed E-state index contributed by atoms with van der Waals surface area (Å²) in [5.74, 6) is -0.147. The first-order valence-corrected chi connectivity index (χ1v) is 5.20. The monoisotopic (exact) mass is 286 g/mol. The van der Waals surface area contributed by atoms with Gasteiger partial charge in [-0.3, -0.25) is 0 Å². The first-order chi connectivity index (χ1) is 7.50. The molecule has 0 spiro atoms. The van der Waals surface area contributed by atoms with Gasteiger partial charge in [-0.2, -0.15) is 0 Å². The van der Waals surface area contributed by atoms with Crippen LogP contribution in [0.5, 0.6) is 5.75 Å². The maximum Gasteiger partial charge on any atom is 0.173 e. The molecular formula is C10H8BrFN2O2. The molecule has 0 unspecified atom stereocenters.